The smallest absolute Gasteiger partial charge is 0.220 e. The Kier molecular flexibility index (Phi) is 4.39. The normalized spacial score (nSPS) is 22.4. The van der Waals surface area contributed by atoms with Crippen LogP contribution in [-0.4, -0.2) is 30.3 Å². The number of carbonyl (C=O) groups is 1. The molecule has 2 N–H and O–H groups in total. The third-order valence-corrected chi connectivity index (χ3v) is 5.12. The van der Waals surface area contributed by atoms with Gasteiger partial charge in [0.05, 0.1) is 12.7 Å². The number of hydrogen-bond donors (Lipinski definition) is 2. The number of methoxy groups -OCH3 is 1. The van der Waals surface area contributed by atoms with Crippen LogP contribution in [-0.2, 0) is 11.2 Å². The highest BCUT2D eigenvalue weighted by Crippen LogP contribution is 2.36. The molecule has 3 rings (SSSR count). The van der Waals surface area contributed by atoms with Gasteiger partial charge in [-0.3, -0.25) is 4.79 Å². The Hall–Kier alpha value is -1.55. The molecule has 0 bridgehead atoms. The van der Waals surface area contributed by atoms with E-state index in [1.807, 2.05) is 6.07 Å². The van der Waals surface area contributed by atoms with Crippen LogP contribution in [0.25, 0.3) is 0 Å². The maximum Gasteiger partial charge on any atom is 0.220 e. The first-order chi connectivity index (χ1) is 10.6. The van der Waals surface area contributed by atoms with E-state index in [2.05, 4.69) is 17.4 Å². The van der Waals surface area contributed by atoms with Gasteiger partial charge in [0.25, 0.3) is 0 Å². The highest BCUT2D eigenvalue weighted by Gasteiger charge is 2.34. The highest BCUT2D eigenvalue weighted by molar-refractivity contribution is 5.77. The molecule has 2 aliphatic rings. The van der Waals surface area contributed by atoms with Crippen molar-refractivity contribution in [1.82, 2.24) is 5.32 Å². The number of fused-ring (bicyclic) bond motifs is 1. The first-order valence-electron chi connectivity index (χ1n) is 8.25. The maximum atomic E-state index is 12.2. The zero-order valence-electron chi connectivity index (χ0n) is 13.2. The fraction of sp³-hybridized carbons (Fsp3) is 0.611. The zero-order valence-corrected chi connectivity index (χ0v) is 13.2. The fourth-order valence-electron chi connectivity index (χ4n) is 3.55. The summed E-state index contributed by atoms with van der Waals surface area (Å²) in [5.41, 5.74) is 1.94. The zero-order chi connectivity index (χ0) is 15.6. The van der Waals surface area contributed by atoms with E-state index in [-0.39, 0.29) is 11.8 Å². The van der Waals surface area contributed by atoms with Crippen LogP contribution in [0.2, 0.25) is 0 Å². The number of hydrogen-bond acceptors (Lipinski definition) is 3. The second-order valence-corrected chi connectivity index (χ2v) is 6.71. The van der Waals surface area contributed by atoms with Crippen LogP contribution in [0.3, 0.4) is 0 Å². The lowest BCUT2D eigenvalue weighted by molar-refractivity contribution is -0.124. The van der Waals surface area contributed by atoms with Crippen LogP contribution >= 0.6 is 0 Å². The number of benzene rings is 1. The van der Waals surface area contributed by atoms with Gasteiger partial charge >= 0.3 is 0 Å². The van der Waals surface area contributed by atoms with Gasteiger partial charge in [0.2, 0.25) is 5.91 Å². The molecule has 0 saturated heterocycles. The Balaban J connectivity index is 1.60. The summed E-state index contributed by atoms with van der Waals surface area (Å²) in [6.45, 7) is 0.397. The number of aryl methyl sites for hydroxylation is 1. The van der Waals surface area contributed by atoms with Crippen LogP contribution in [0, 0.1) is 0 Å². The molecular weight excluding hydrogens is 278 g/mol. The van der Waals surface area contributed by atoms with Crippen molar-refractivity contribution < 1.29 is 14.6 Å². The Morgan fingerprint density at radius 2 is 2.23 bits per heavy atom. The van der Waals surface area contributed by atoms with E-state index in [9.17, 15) is 9.90 Å². The molecular formula is C18H25NO3. The van der Waals surface area contributed by atoms with Crippen LogP contribution < -0.4 is 10.1 Å². The van der Waals surface area contributed by atoms with Gasteiger partial charge in [0, 0.05) is 13.0 Å². The summed E-state index contributed by atoms with van der Waals surface area (Å²) in [7, 11) is 1.68. The summed E-state index contributed by atoms with van der Waals surface area (Å²) in [5.74, 6) is 1.22. The van der Waals surface area contributed by atoms with Gasteiger partial charge in [-0.15, -0.1) is 0 Å². The summed E-state index contributed by atoms with van der Waals surface area (Å²) in [5, 5.41) is 13.0. The van der Waals surface area contributed by atoms with Gasteiger partial charge in [-0.2, -0.15) is 0 Å². The summed E-state index contributed by atoms with van der Waals surface area (Å²) >= 11 is 0. The molecule has 0 spiro atoms. The van der Waals surface area contributed by atoms with Gasteiger partial charge in [-0.05, 0) is 67.7 Å². The molecule has 1 aromatic rings. The molecule has 22 heavy (non-hydrogen) atoms. The van der Waals surface area contributed by atoms with E-state index in [0.717, 1.165) is 44.3 Å². The Labute approximate surface area is 131 Å². The lowest BCUT2D eigenvalue weighted by atomic mass is 9.79. The third kappa shape index (κ3) is 3.27. The molecule has 4 heteroatoms. The minimum atomic E-state index is -0.645. The largest absolute Gasteiger partial charge is 0.497 e. The van der Waals surface area contributed by atoms with Gasteiger partial charge < -0.3 is 15.2 Å². The van der Waals surface area contributed by atoms with Crippen molar-refractivity contribution in [2.24, 2.45) is 0 Å². The van der Waals surface area contributed by atoms with Gasteiger partial charge in [0.15, 0.2) is 0 Å². The summed E-state index contributed by atoms with van der Waals surface area (Å²) in [6.07, 6.45) is 6.40. The predicted octanol–water partition coefficient (Wildman–Crippen LogP) is 2.54. The number of rotatable bonds is 5. The lowest BCUT2D eigenvalue weighted by Crippen LogP contribution is -2.48. The average molecular weight is 303 g/mol. The van der Waals surface area contributed by atoms with E-state index in [0.29, 0.717) is 13.0 Å². The second-order valence-electron chi connectivity index (χ2n) is 6.71. The minimum Gasteiger partial charge on any atom is -0.497 e. The van der Waals surface area contributed by atoms with E-state index >= 15 is 0 Å². The van der Waals surface area contributed by atoms with Gasteiger partial charge in [-0.25, -0.2) is 0 Å². The first-order valence-corrected chi connectivity index (χ1v) is 8.25. The Morgan fingerprint density at radius 3 is 2.91 bits per heavy atom. The number of aliphatic hydroxyl groups is 1. The molecule has 0 aliphatic heterocycles. The fourth-order valence-corrected chi connectivity index (χ4v) is 3.55. The van der Waals surface area contributed by atoms with Crippen molar-refractivity contribution >= 4 is 5.91 Å². The third-order valence-electron chi connectivity index (χ3n) is 5.12. The highest BCUT2D eigenvalue weighted by atomic mass is 16.5. The number of nitrogens with one attached hydrogen (secondary N) is 1. The topological polar surface area (TPSA) is 58.6 Å². The van der Waals surface area contributed by atoms with Crippen molar-refractivity contribution in [2.75, 3.05) is 13.7 Å². The van der Waals surface area contributed by atoms with Crippen LogP contribution in [0.1, 0.15) is 55.6 Å². The molecule has 1 atom stereocenters. The molecule has 0 radical (unpaired) electrons. The number of carbonyl (C=O) groups excluding carboxylic acids is 1. The predicted molar refractivity (Wildman–Crippen MR) is 85.1 cm³/mol. The van der Waals surface area contributed by atoms with Crippen molar-refractivity contribution in [1.29, 1.82) is 0 Å². The van der Waals surface area contributed by atoms with Crippen molar-refractivity contribution in [3.05, 3.63) is 29.3 Å². The van der Waals surface area contributed by atoms with Crippen molar-refractivity contribution in [3.63, 3.8) is 0 Å². The summed E-state index contributed by atoms with van der Waals surface area (Å²) in [6, 6.07) is 6.17. The molecule has 0 aromatic heterocycles. The van der Waals surface area contributed by atoms with Crippen molar-refractivity contribution in [3.8, 4) is 5.75 Å². The van der Waals surface area contributed by atoms with E-state index in [1.165, 1.54) is 11.1 Å². The number of ether oxygens (including phenoxy) is 1. The summed E-state index contributed by atoms with van der Waals surface area (Å²) in [4.78, 5) is 12.2. The van der Waals surface area contributed by atoms with Crippen LogP contribution in [0.5, 0.6) is 5.75 Å². The van der Waals surface area contributed by atoms with Crippen LogP contribution in [0.15, 0.2) is 18.2 Å². The monoisotopic (exact) mass is 303 g/mol. The molecule has 1 amide bonds. The van der Waals surface area contributed by atoms with Crippen LogP contribution in [0.4, 0.5) is 0 Å². The molecule has 4 nitrogen and oxygen atoms in total. The first kappa shape index (κ1) is 15.3. The summed E-state index contributed by atoms with van der Waals surface area (Å²) < 4.78 is 5.28. The molecule has 1 aromatic carbocycles. The average Bonchev–Trinajstić information content (AvgIpc) is 2.51. The van der Waals surface area contributed by atoms with E-state index in [4.69, 9.17) is 4.74 Å². The second kappa shape index (κ2) is 6.29. The molecule has 1 unspecified atom stereocenters. The molecule has 1 fully saturated rings. The van der Waals surface area contributed by atoms with Gasteiger partial charge in [-0.1, -0.05) is 6.07 Å². The van der Waals surface area contributed by atoms with Crippen molar-refractivity contribution in [2.45, 2.75) is 56.5 Å². The Bertz CT molecular complexity index is 551. The quantitative estimate of drug-likeness (QED) is 0.879. The molecule has 1 saturated carbocycles. The Morgan fingerprint density at radius 1 is 1.41 bits per heavy atom. The standard InChI is InChI=1S/C18H25NO3/c1-22-15-6-7-16-13(10-15)4-2-5-14(16)11-17(20)19-12-18(21)8-3-9-18/h6-7,10,14,21H,2-5,8-9,11-12H2,1H3,(H,19,20). The lowest BCUT2D eigenvalue weighted by Gasteiger charge is -2.36. The number of amides is 1. The molecule has 0 heterocycles. The SMILES string of the molecule is COc1ccc2c(c1)CCCC2CC(=O)NCC1(O)CCC1. The minimum absolute atomic E-state index is 0.0500. The molecule has 120 valence electrons. The molecule has 2 aliphatic carbocycles. The van der Waals surface area contributed by atoms with E-state index < -0.39 is 5.60 Å². The van der Waals surface area contributed by atoms with E-state index in [1.54, 1.807) is 7.11 Å². The van der Waals surface area contributed by atoms with Gasteiger partial charge in [0.1, 0.15) is 5.75 Å². The maximum absolute atomic E-state index is 12.2.